The van der Waals surface area contributed by atoms with Gasteiger partial charge in [-0.15, -0.1) is 6.42 Å². The predicted octanol–water partition coefficient (Wildman–Crippen LogP) is 4.72. The minimum Gasteiger partial charge on any atom is -0.256 e. The molecule has 1 aliphatic rings. The second-order valence-corrected chi connectivity index (χ2v) is 5.30. The Balaban J connectivity index is 2.12. The number of terminal acetylenes is 1. The van der Waals surface area contributed by atoms with Gasteiger partial charge in [0, 0.05) is 6.20 Å². The maximum absolute atomic E-state index is 5.32. The van der Waals surface area contributed by atoms with Gasteiger partial charge < -0.3 is 0 Å². The SMILES string of the molecule is C#C/C(C)=C\C=C(/C)c1ccc(C2CCCC2)cn1. The molecule has 0 unspecified atom stereocenters. The van der Waals surface area contributed by atoms with E-state index in [0.29, 0.717) is 0 Å². The number of hydrogen-bond acceptors (Lipinski definition) is 1. The van der Waals surface area contributed by atoms with Crippen LogP contribution in [-0.4, -0.2) is 4.98 Å². The summed E-state index contributed by atoms with van der Waals surface area (Å²) in [5, 5.41) is 0. The third kappa shape index (κ3) is 3.58. The van der Waals surface area contributed by atoms with E-state index in [1.807, 2.05) is 25.3 Å². The number of aromatic nitrogens is 1. The van der Waals surface area contributed by atoms with Crippen molar-refractivity contribution in [1.82, 2.24) is 4.98 Å². The Morgan fingerprint density at radius 2 is 2.00 bits per heavy atom. The molecule has 0 saturated heterocycles. The lowest BCUT2D eigenvalue weighted by Crippen LogP contribution is -1.94. The van der Waals surface area contributed by atoms with Crippen LogP contribution >= 0.6 is 0 Å². The number of allylic oxidation sites excluding steroid dienone is 4. The molecule has 19 heavy (non-hydrogen) atoms. The van der Waals surface area contributed by atoms with Crippen LogP contribution in [0.15, 0.2) is 36.1 Å². The molecule has 0 aliphatic heterocycles. The van der Waals surface area contributed by atoms with E-state index in [2.05, 4.69) is 30.0 Å². The Bertz CT molecular complexity index is 520. The van der Waals surface area contributed by atoms with Gasteiger partial charge in [-0.05, 0) is 55.4 Å². The van der Waals surface area contributed by atoms with E-state index >= 15 is 0 Å². The van der Waals surface area contributed by atoms with Gasteiger partial charge in [-0.2, -0.15) is 0 Å². The molecule has 1 fully saturated rings. The summed E-state index contributed by atoms with van der Waals surface area (Å²) >= 11 is 0. The van der Waals surface area contributed by atoms with Crippen molar-refractivity contribution in [2.45, 2.75) is 45.4 Å². The van der Waals surface area contributed by atoms with E-state index in [9.17, 15) is 0 Å². The highest BCUT2D eigenvalue weighted by Crippen LogP contribution is 2.33. The molecule has 0 spiro atoms. The van der Waals surface area contributed by atoms with Crippen molar-refractivity contribution >= 4 is 5.57 Å². The molecule has 1 nitrogen and oxygen atoms in total. The van der Waals surface area contributed by atoms with Crippen molar-refractivity contribution < 1.29 is 0 Å². The van der Waals surface area contributed by atoms with E-state index in [1.54, 1.807) is 0 Å². The molecule has 0 amide bonds. The van der Waals surface area contributed by atoms with Gasteiger partial charge in [0.1, 0.15) is 0 Å². The van der Waals surface area contributed by atoms with Crippen molar-refractivity contribution in [3.05, 3.63) is 47.3 Å². The fraction of sp³-hybridized carbons (Fsp3) is 0.389. The quantitative estimate of drug-likeness (QED) is 0.559. The summed E-state index contributed by atoms with van der Waals surface area (Å²) in [6.45, 7) is 4.00. The van der Waals surface area contributed by atoms with Crippen LogP contribution in [0.2, 0.25) is 0 Å². The van der Waals surface area contributed by atoms with Gasteiger partial charge in [0.05, 0.1) is 5.69 Å². The Morgan fingerprint density at radius 1 is 1.26 bits per heavy atom. The summed E-state index contributed by atoms with van der Waals surface area (Å²) in [4.78, 5) is 4.58. The van der Waals surface area contributed by atoms with Crippen LogP contribution in [0, 0.1) is 12.3 Å². The van der Waals surface area contributed by atoms with E-state index in [0.717, 1.165) is 22.8 Å². The zero-order valence-electron chi connectivity index (χ0n) is 11.8. The molecular formula is C18H21N. The van der Waals surface area contributed by atoms with Gasteiger partial charge in [0.2, 0.25) is 0 Å². The van der Waals surface area contributed by atoms with Gasteiger partial charge in [-0.25, -0.2) is 0 Å². The van der Waals surface area contributed by atoms with Gasteiger partial charge in [-0.3, -0.25) is 4.98 Å². The Morgan fingerprint density at radius 3 is 2.58 bits per heavy atom. The van der Waals surface area contributed by atoms with Crippen LogP contribution in [-0.2, 0) is 0 Å². The smallest absolute Gasteiger partial charge is 0.0658 e. The van der Waals surface area contributed by atoms with Gasteiger partial charge in [0.25, 0.3) is 0 Å². The summed E-state index contributed by atoms with van der Waals surface area (Å²) in [5.74, 6) is 3.35. The molecule has 1 aliphatic carbocycles. The van der Waals surface area contributed by atoms with Crippen LogP contribution in [0.4, 0.5) is 0 Å². The number of nitrogens with zero attached hydrogens (tertiary/aromatic N) is 1. The van der Waals surface area contributed by atoms with Crippen LogP contribution in [0.1, 0.15) is 56.7 Å². The first-order chi connectivity index (χ1) is 9.20. The minimum atomic E-state index is 0.731. The number of hydrogen-bond donors (Lipinski definition) is 0. The first-order valence-electron chi connectivity index (χ1n) is 6.99. The highest BCUT2D eigenvalue weighted by Gasteiger charge is 2.16. The summed E-state index contributed by atoms with van der Waals surface area (Å²) < 4.78 is 0. The molecule has 0 bridgehead atoms. The van der Waals surface area contributed by atoms with E-state index < -0.39 is 0 Å². The zero-order valence-corrected chi connectivity index (χ0v) is 11.8. The largest absolute Gasteiger partial charge is 0.256 e. The average Bonchev–Trinajstić information content (AvgIpc) is 2.98. The molecule has 1 heteroatoms. The lowest BCUT2D eigenvalue weighted by atomic mass is 9.99. The third-order valence-corrected chi connectivity index (χ3v) is 3.83. The van der Waals surface area contributed by atoms with Gasteiger partial charge in [-0.1, -0.05) is 37.0 Å². The Kier molecular flexibility index (Phi) is 4.58. The van der Waals surface area contributed by atoms with Crippen LogP contribution in [0.5, 0.6) is 0 Å². The first-order valence-corrected chi connectivity index (χ1v) is 6.99. The van der Waals surface area contributed by atoms with E-state index in [-0.39, 0.29) is 0 Å². The van der Waals surface area contributed by atoms with Crippen molar-refractivity contribution in [1.29, 1.82) is 0 Å². The average molecular weight is 251 g/mol. The molecule has 1 aromatic heterocycles. The van der Waals surface area contributed by atoms with Crippen LogP contribution < -0.4 is 0 Å². The fourth-order valence-electron chi connectivity index (χ4n) is 2.52. The Labute approximate surface area is 116 Å². The van der Waals surface area contributed by atoms with Crippen LogP contribution in [0.3, 0.4) is 0 Å². The standard InChI is InChI=1S/C18H21N/c1-4-14(2)9-10-15(3)18-12-11-17(13-19-18)16-7-5-6-8-16/h1,9-13,16H,5-8H2,2-3H3/b14-9-,15-10+. The number of rotatable bonds is 3. The molecule has 98 valence electrons. The second kappa shape index (κ2) is 6.38. The minimum absolute atomic E-state index is 0.731. The maximum Gasteiger partial charge on any atom is 0.0658 e. The molecular weight excluding hydrogens is 230 g/mol. The van der Waals surface area contributed by atoms with E-state index in [1.165, 1.54) is 31.2 Å². The monoisotopic (exact) mass is 251 g/mol. The lowest BCUT2D eigenvalue weighted by Gasteiger charge is -2.09. The molecule has 0 radical (unpaired) electrons. The van der Waals surface area contributed by atoms with Crippen molar-refractivity contribution in [3.8, 4) is 12.3 Å². The molecule has 1 heterocycles. The maximum atomic E-state index is 5.32. The predicted molar refractivity (Wildman–Crippen MR) is 81.7 cm³/mol. The Hall–Kier alpha value is -1.81. The first kappa shape index (κ1) is 13.6. The van der Waals surface area contributed by atoms with Crippen molar-refractivity contribution in [3.63, 3.8) is 0 Å². The van der Waals surface area contributed by atoms with Gasteiger partial charge >= 0.3 is 0 Å². The summed E-state index contributed by atoms with van der Waals surface area (Å²) in [7, 11) is 0. The third-order valence-electron chi connectivity index (χ3n) is 3.83. The summed E-state index contributed by atoms with van der Waals surface area (Å²) in [6.07, 6.45) is 16.7. The zero-order chi connectivity index (χ0) is 13.7. The molecule has 0 N–H and O–H groups in total. The van der Waals surface area contributed by atoms with Crippen molar-refractivity contribution in [2.24, 2.45) is 0 Å². The van der Waals surface area contributed by atoms with Crippen molar-refractivity contribution in [2.75, 3.05) is 0 Å². The molecule has 1 aromatic rings. The highest BCUT2D eigenvalue weighted by molar-refractivity contribution is 5.62. The fourth-order valence-corrected chi connectivity index (χ4v) is 2.52. The summed E-state index contributed by atoms with van der Waals surface area (Å²) in [6, 6.07) is 4.35. The molecule has 0 aromatic carbocycles. The summed E-state index contributed by atoms with van der Waals surface area (Å²) in [5.41, 5.74) is 4.50. The number of pyridine rings is 1. The molecule has 0 atom stereocenters. The molecule has 1 saturated carbocycles. The van der Waals surface area contributed by atoms with E-state index in [4.69, 9.17) is 6.42 Å². The topological polar surface area (TPSA) is 12.9 Å². The second-order valence-electron chi connectivity index (χ2n) is 5.30. The molecule has 2 rings (SSSR count). The highest BCUT2D eigenvalue weighted by atomic mass is 14.7. The lowest BCUT2D eigenvalue weighted by molar-refractivity contribution is 0.719. The van der Waals surface area contributed by atoms with Gasteiger partial charge in [0.15, 0.2) is 0 Å². The normalized spacial score (nSPS) is 17.5. The van der Waals surface area contributed by atoms with Crippen LogP contribution in [0.25, 0.3) is 5.57 Å².